The van der Waals surface area contributed by atoms with E-state index < -0.39 is 6.09 Å². The summed E-state index contributed by atoms with van der Waals surface area (Å²) < 4.78 is 0.829. The van der Waals surface area contributed by atoms with Crippen LogP contribution in [-0.2, 0) is 13.0 Å². The van der Waals surface area contributed by atoms with Gasteiger partial charge < -0.3 is 15.0 Å². The maximum atomic E-state index is 10.7. The minimum atomic E-state index is -0.866. The van der Waals surface area contributed by atoms with Gasteiger partial charge in [0.15, 0.2) is 3.83 Å². The lowest BCUT2D eigenvalue weighted by atomic mass is 10.1. The number of nitrogens with one attached hydrogen (secondary N) is 1. The lowest BCUT2D eigenvalue weighted by Gasteiger charge is -2.22. The van der Waals surface area contributed by atoms with Gasteiger partial charge in [-0.2, -0.15) is 0 Å². The molecule has 0 aliphatic carbocycles. The summed E-state index contributed by atoms with van der Waals surface area (Å²) in [7, 11) is 0. The van der Waals surface area contributed by atoms with Gasteiger partial charge in [-0.1, -0.05) is 0 Å². The summed E-state index contributed by atoms with van der Waals surface area (Å²) in [6, 6.07) is 0. The van der Waals surface area contributed by atoms with E-state index in [1.54, 1.807) is 0 Å². The fraction of sp³-hybridized carbons (Fsp3) is 0.429. The molecule has 0 aromatic carbocycles. The second kappa shape index (κ2) is 3.17. The second-order valence-electron chi connectivity index (χ2n) is 2.91. The minimum absolute atomic E-state index is 0.431. The number of amides is 1. The van der Waals surface area contributed by atoms with Crippen LogP contribution < -0.4 is 0 Å². The Morgan fingerprint density at radius 1 is 1.69 bits per heavy atom. The van der Waals surface area contributed by atoms with Crippen LogP contribution in [0.2, 0.25) is 0 Å². The Hall–Kier alpha value is -0.790. The maximum Gasteiger partial charge on any atom is 0.407 e. The fourth-order valence-corrected chi connectivity index (χ4v) is 2.04. The average Bonchev–Trinajstić information content (AvgIpc) is 2.42. The summed E-state index contributed by atoms with van der Waals surface area (Å²) in [5.74, 6) is 0. The van der Waals surface area contributed by atoms with E-state index in [9.17, 15) is 4.79 Å². The van der Waals surface area contributed by atoms with Gasteiger partial charge in [-0.05, 0) is 22.6 Å². The van der Waals surface area contributed by atoms with E-state index in [-0.39, 0.29) is 0 Å². The highest BCUT2D eigenvalue weighted by molar-refractivity contribution is 14.1. The number of carbonyl (C=O) groups is 1. The van der Waals surface area contributed by atoms with Gasteiger partial charge in [0.05, 0.1) is 17.9 Å². The van der Waals surface area contributed by atoms with E-state index in [0.717, 1.165) is 15.2 Å². The molecule has 0 bridgehead atoms. The molecule has 6 heteroatoms. The normalized spacial score (nSPS) is 15.6. The average molecular weight is 293 g/mol. The van der Waals surface area contributed by atoms with Crippen molar-refractivity contribution in [3.8, 4) is 0 Å². The highest BCUT2D eigenvalue weighted by Crippen LogP contribution is 2.17. The van der Waals surface area contributed by atoms with Crippen molar-refractivity contribution in [1.29, 1.82) is 0 Å². The first-order valence-electron chi connectivity index (χ1n) is 3.88. The number of hydrogen-bond acceptors (Lipinski definition) is 2. The molecule has 13 heavy (non-hydrogen) atoms. The lowest BCUT2D eigenvalue weighted by molar-refractivity contribution is 0.139. The molecule has 0 saturated heterocycles. The summed E-state index contributed by atoms with van der Waals surface area (Å²) in [6.07, 6.45) is -0.156. The van der Waals surface area contributed by atoms with Gasteiger partial charge in [-0.3, -0.25) is 0 Å². The summed E-state index contributed by atoms with van der Waals surface area (Å²) in [6.45, 7) is 0.976. The molecule has 70 valence electrons. The Kier molecular flexibility index (Phi) is 2.14. The number of carboxylic acid groups (broad SMARTS) is 1. The van der Waals surface area contributed by atoms with Crippen LogP contribution in [-0.4, -0.2) is 32.6 Å². The number of hydrogen-bond donors (Lipinski definition) is 2. The summed E-state index contributed by atoms with van der Waals surface area (Å²) in [5.41, 5.74) is 1.93. The minimum Gasteiger partial charge on any atom is -0.465 e. The Bertz CT molecular complexity index is 350. The van der Waals surface area contributed by atoms with Crippen LogP contribution in [0.15, 0.2) is 0 Å². The van der Waals surface area contributed by atoms with E-state index >= 15 is 0 Å². The molecule has 5 nitrogen and oxygen atoms in total. The topological polar surface area (TPSA) is 69.2 Å². The zero-order valence-corrected chi connectivity index (χ0v) is 8.91. The lowest BCUT2D eigenvalue weighted by Crippen LogP contribution is -2.34. The molecule has 2 N–H and O–H groups in total. The van der Waals surface area contributed by atoms with Crippen LogP contribution >= 0.6 is 22.6 Å². The molecular weight excluding hydrogens is 285 g/mol. The quantitative estimate of drug-likeness (QED) is 0.702. The van der Waals surface area contributed by atoms with Gasteiger partial charge in [0.25, 0.3) is 0 Å². The Morgan fingerprint density at radius 3 is 3.15 bits per heavy atom. The van der Waals surface area contributed by atoms with E-state index in [0.29, 0.717) is 19.5 Å². The van der Waals surface area contributed by atoms with Crippen LogP contribution in [0.3, 0.4) is 0 Å². The first kappa shape index (κ1) is 8.79. The number of nitrogens with zero attached hydrogens (tertiary/aromatic N) is 2. The van der Waals surface area contributed by atoms with Crippen LogP contribution in [0.4, 0.5) is 4.79 Å². The number of halogens is 1. The van der Waals surface area contributed by atoms with E-state index in [1.165, 1.54) is 4.90 Å². The van der Waals surface area contributed by atoms with Crippen molar-refractivity contribution >= 4 is 28.7 Å². The molecule has 1 aromatic heterocycles. The number of H-pyrrole nitrogens is 1. The monoisotopic (exact) mass is 293 g/mol. The molecule has 2 rings (SSSR count). The van der Waals surface area contributed by atoms with Crippen molar-refractivity contribution in [3.05, 3.63) is 15.2 Å². The first-order valence-corrected chi connectivity index (χ1v) is 4.96. The molecule has 0 fully saturated rings. The molecule has 0 saturated carbocycles. The van der Waals surface area contributed by atoms with Crippen molar-refractivity contribution in [1.82, 2.24) is 14.9 Å². The Morgan fingerprint density at radius 2 is 2.46 bits per heavy atom. The summed E-state index contributed by atoms with van der Waals surface area (Å²) >= 11 is 2.09. The molecule has 1 aliphatic rings. The van der Waals surface area contributed by atoms with E-state index in [2.05, 4.69) is 32.6 Å². The second-order valence-corrected chi connectivity index (χ2v) is 3.93. The van der Waals surface area contributed by atoms with Crippen molar-refractivity contribution in [3.63, 3.8) is 0 Å². The summed E-state index contributed by atoms with van der Waals surface area (Å²) in [4.78, 5) is 19.4. The molecule has 1 amide bonds. The Balaban J connectivity index is 2.24. The molecule has 0 spiro atoms. The van der Waals surface area contributed by atoms with Crippen molar-refractivity contribution in [2.75, 3.05) is 6.54 Å². The standard InChI is InChI=1S/C7H8IN3O2/c8-6-9-4-1-2-11(7(12)13)3-5(4)10-6/h1-3H2,(H,9,10)(H,12,13). The van der Waals surface area contributed by atoms with E-state index in [4.69, 9.17) is 5.11 Å². The van der Waals surface area contributed by atoms with Gasteiger partial charge in [-0.25, -0.2) is 9.78 Å². The maximum absolute atomic E-state index is 10.7. The molecule has 1 aliphatic heterocycles. The number of rotatable bonds is 0. The number of aromatic amines is 1. The SMILES string of the molecule is O=C(O)N1CCc2nc(I)[nH]c2C1. The van der Waals surface area contributed by atoms with Crippen LogP contribution in [0.25, 0.3) is 0 Å². The molecule has 0 radical (unpaired) electrons. The Labute approximate surface area is 88.3 Å². The molecule has 0 unspecified atom stereocenters. The molecule has 1 aromatic rings. The van der Waals surface area contributed by atoms with Gasteiger partial charge in [0.1, 0.15) is 0 Å². The van der Waals surface area contributed by atoms with Gasteiger partial charge >= 0.3 is 6.09 Å². The van der Waals surface area contributed by atoms with E-state index in [1.807, 2.05) is 0 Å². The third-order valence-electron chi connectivity index (χ3n) is 2.07. The fourth-order valence-electron chi connectivity index (χ4n) is 1.42. The van der Waals surface area contributed by atoms with Gasteiger partial charge in [-0.15, -0.1) is 0 Å². The number of fused-ring (bicyclic) bond motifs is 1. The third-order valence-corrected chi connectivity index (χ3v) is 2.58. The smallest absolute Gasteiger partial charge is 0.407 e. The van der Waals surface area contributed by atoms with Crippen LogP contribution in [0.1, 0.15) is 11.4 Å². The third kappa shape index (κ3) is 1.62. The number of imidazole rings is 1. The predicted molar refractivity (Wildman–Crippen MR) is 53.4 cm³/mol. The zero-order chi connectivity index (χ0) is 9.42. The van der Waals surface area contributed by atoms with Crippen LogP contribution in [0, 0.1) is 3.83 Å². The highest BCUT2D eigenvalue weighted by atomic mass is 127. The van der Waals surface area contributed by atoms with Crippen molar-refractivity contribution in [2.24, 2.45) is 0 Å². The summed E-state index contributed by atoms with van der Waals surface area (Å²) in [5, 5.41) is 8.76. The van der Waals surface area contributed by atoms with Gasteiger partial charge in [0.2, 0.25) is 0 Å². The molecular formula is C7H8IN3O2. The van der Waals surface area contributed by atoms with Crippen LogP contribution in [0.5, 0.6) is 0 Å². The predicted octanol–water partition coefficient (Wildman–Crippen LogP) is 1.05. The number of aromatic nitrogens is 2. The van der Waals surface area contributed by atoms with Crippen molar-refractivity contribution in [2.45, 2.75) is 13.0 Å². The first-order chi connectivity index (χ1) is 6.16. The molecule has 2 heterocycles. The largest absolute Gasteiger partial charge is 0.465 e. The zero-order valence-electron chi connectivity index (χ0n) is 6.75. The molecule has 0 atom stereocenters. The van der Waals surface area contributed by atoms with Gasteiger partial charge in [0, 0.05) is 13.0 Å². The van der Waals surface area contributed by atoms with Crippen molar-refractivity contribution < 1.29 is 9.90 Å². The highest BCUT2D eigenvalue weighted by Gasteiger charge is 2.22.